The average Bonchev–Trinajstić information content (AvgIpc) is 2.76. The minimum absolute atomic E-state index is 0.0134. The van der Waals surface area contributed by atoms with Gasteiger partial charge in [0.15, 0.2) is 11.6 Å². The third-order valence-corrected chi connectivity index (χ3v) is 4.40. The van der Waals surface area contributed by atoms with Crippen molar-refractivity contribution in [3.05, 3.63) is 82.1 Å². The SMILES string of the molecule is N#Cc1cc(C#N)cc(Oc2c(Cl)ccc(-c3ccccc3CC(N)=O)c2F)c1.NS(=O)[O-]. The molecule has 0 bridgehead atoms. The van der Waals surface area contributed by atoms with Gasteiger partial charge in [0.1, 0.15) is 5.75 Å². The molecule has 168 valence electrons. The van der Waals surface area contributed by atoms with Crippen molar-refractivity contribution >= 4 is 28.8 Å². The van der Waals surface area contributed by atoms with Gasteiger partial charge in [-0.25, -0.2) is 4.39 Å². The predicted octanol–water partition coefficient (Wildman–Crippen LogP) is 3.45. The van der Waals surface area contributed by atoms with Crippen LogP contribution in [0.3, 0.4) is 0 Å². The molecule has 0 aliphatic heterocycles. The summed E-state index contributed by atoms with van der Waals surface area (Å²) in [6, 6.07) is 17.7. The van der Waals surface area contributed by atoms with Crippen LogP contribution in [-0.4, -0.2) is 14.7 Å². The van der Waals surface area contributed by atoms with Crippen molar-refractivity contribution < 1.29 is 22.7 Å². The molecule has 8 nitrogen and oxygen atoms in total. The number of carbonyl (C=O) groups is 1. The van der Waals surface area contributed by atoms with E-state index in [1.54, 1.807) is 24.3 Å². The Hall–Kier alpha value is -3.80. The van der Waals surface area contributed by atoms with Gasteiger partial charge in [-0.1, -0.05) is 35.9 Å². The summed E-state index contributed by atoms with van der Waals surface area (Å²) >= 11 is 3.78. The van der Waals surface area contributed by atoms with E-state index in [9.17, 15) is 4.79 Å². The van der Waals surface area contributed by atoms with Gasteiger partial charge >= 0.3 is 0 Å². The van der Waals surface area contributed by atoms with Crippen LogP contribution in [0, 0.1) is 28.5 Å². The minimum Gasteiger partial charge on any atom is -0.760 e. The molecule has 0 saturated carbocycles. The number of nitriles is 2. The molecule has 0 aliphatic rings. The first kappa shape index (κ1) is 25.5. The molecule has 1 atom stereocenters. The third-order valence-electron chi connectivity index (χ3n) is 4.11. The molecule has 3 aromatic carbocycles. The van der Waals surface area contributed by atoms with Gasteiger partial charge in [0.05, 0.1) is 34.7 Å². The second-order valence-corrected chi connectivity index (χ2v) is 7.30. The summed E-state index contributed by atoms with van der Waals surface area (Å²) in [6.07, 6.45) is -0.0514. The summed E-state index contributed by atoms with van der Waals surface area (Å²) in [7, 11) is 0. The number of benzene rings is 3. The van der Waals surface area contributed by atoms with Crippen LogP contribution >= 0.6 is 11.6 Å². The van der Waals surface area contributed by atoms with Crippen LogP contribution in [0.1, 0.15) is 16.7 Å². The lowest BCUT2D eigenvalue weighted by Gasteiger charge is -2.14. The summed E-state index contributed by atoms with van der Waals surface area (Å²) in [6.45, 7) is 0. The van der Waals surface area contributed by atoms with Gasteiger partial charge in [0, 0.05) is 16.8 Å². The fraction of sp³-hybridized carbons (Fsp3) is 0.0455. The zero-order chi connectivity index (χ0) is 24.5. The van der Waals surface area contributed by atoms with Crippen molar-refractivity contribution in [3.63, 3.8) is 0 Å². The molecule has 0 aromatic heterocycles. The monoisotopic (exact) mass is 485 g/mol. The van der Waals surface area contributed by atoms with Crippen LogP contribution in [0.2, 0.25) is 5.02 Å². The summed E-state index contributed by atoms with van der Waals surface area (Å²) < 4.78 is 38.5. The van der Waals surface area contributed by atoms with Gasteiger partial charge in [-0.05, 0) is 41.5 Å². The summed E-state index contributed by atoms with van der Waals surface area (Å²) in [4.78, 5) is 11.4. The van der Waals surface area contributed by atoms with E-state index in [1.165, 1.54) is 30.3 Å². The number of hydrogen-bond acceptors (Lipinski definition) is 6. The zero-order valence-corrected chi connectivity index (χ0v) is 18.3. The Labute approximate surface area is 196 Å². The zero-order valence-electron chi connectivity index (χ0n) is 16.7. The van der Waals surface area contributed by atoms with Crippen LogP contribution in [0.5, 0.6) is 11.5 Å². The lowest BCUT2D eigenvalue weighted by molar-refractivity contribution is -0.117. The van der Waals surface area contributed by atoms with Crippen molar-refractivity contribution in [2.75, 3.05) is 0 Å². The van der Waals surface area contributed by atoms with E-state index >= 15 is 4.39 Å². The van der Waals surface area contributed by atoms with E-state index in [1.807, 2.05) is 12.1 Å². The largest absolute Gasteiger partial charge is 0.760 e. The Morgan fingerprint density at radius 2 is 1.67 bits per heavy atom. The van der Waals surface area contributed by atoms with Gasteiger partial charge in [-0.3, -0.25) is 14.1 Å². The van der Waals surface area contributed by atoms with Crippen molar-refractivity contribution in [3.8, 4) is 34.8 Å². The molecule has 0 fully saturated rings. The van der Waals surface area contributed by atoms with Crippen molar-refractivity contribution in [1.82, 2.24) is 0 Å². The van der Waals surface area contributed by atoms with E-state index in [0.29, 0.717) is 11.1 Å². The van der Waals surface area contributed by atoms with Gasteiger partial charge in [0.25, 0.3) is 0 Å². The maximum Gasteiger partial charge on any atom is 0.221 e. The fourth-order valence-corrected chi connectivity index (χ4v) is 3.05. The second-order valence-electron chi connectivity index (χ2n) is 6.37. The number of hydrogen-bond donors (Lipinski definition) is 2. The highest BCUT2D eigenvalue weighted by Gasteiger charge is 2.19. The molecule has 0 spiro atoms. The van der Waals surface area contributed by atoms with Crippen LogP contribution in [0.15, 0.2) is 54.6 Å². The highest BCUT2D eigenvalue weighted by atomic mass is 35.5. The van der Waals surface area contributed by atoms with Crippen LogP contribution in [0.4, 0.5) is 4.39 Å². The fourth-order valence-electron chi connectivity index (χ4n) is 2.86. The third kappa shape index (κ3) is 7.10. The number of amides is 1. The van der Waals surface area contributed by atoms with Gasteiger partial charge in [-0.15, -0.1) is 0 Å². The van der Waals surface area contributed by atoms with E-state index in [0.717, 1.165) is 0 Å². The van der Waals surface area contributed by atoms with Crippen LogP contribution in [0.25, 0.3) is 11.1 Å². The lowest BCUT2D eigenvalue weighted by Crippen LogP contribution is -2.14. The van der Waals surface area contributed by atoms with Gasteiger partial charge in [0.2, 0.25) is 5.91 Å². The smallest absolute Gasteiger partial charge is 0.221 e. The van der Waals surface area contributed by atoms with Crippen LogP contribution in [-0.2, 0) is 22.5 Å². The molecule has 33 heavy (non-hydrogen) atoms. The first-order valence-corrected chi connectivity index (χ1v) is 10.5. The summed E-state index contributed by atoms with van der Waals surface area (Å²) in [5.41, 5.74) is 6.90. The quantitative estimate of drug-likeness (QED) is 0.525. The topological polar surface area (TPSA) is 166 Å². The summed E-state index contributed by atoms with van der Waals surface area (Å²) in [5, 5.41) is 22.2. The van der Waals surface area contributed by atoms with E-state index < -0.39 is 23.0 Å². The molecule has 1 amide bonds. The minimum atomic E-state index is -2.36. The second kappa shape index (κ2) is 11.7. The molecule has 0 aliphatic carbocycles. The Bertz CT molecular complexity index is 1270. The first-order valence-electron chi connectivity index (χ1n) is 8.97. The average molecular weight is 486 g/mol. The lowest BCUT2D eigenvalue weighted by atomic mass is 9.97. The standard InChI is InChI=1S/C22H13ClFN3O2.H3NO2S/c23-19-6-5-18(17-4-2-1-3-15(17)10-20(27)28)21(24)22(19)29-16-8-13(11-25)7-14(9-16)12-26;1-4(2)3/h1-9H,10H2,(H2,27,28);1H2,(H,2,3)/p-1. The molecule has 0 saturated heterocycles. The normalized spacial score (nSPS) is 10.7. The molecular formula is C22H15ClFN4O4S-. The number of rotatable bonds is 5. The molecule has 0 radical (unpaired) electrons. The number of primary amides is 1. The molecule has 3 rings (SSSR count). The first-order chi connectivity index (χ1) is 15.7. The number of nitrogens with two attached hydrogens (primary N) is 2. The Morgan fingerprint density at radius 1 is 1.09 bits per heavy atom. The van der Waals surface area contributed by atoms with Crippen molar-refractivity contribution in [2.45, 2.75) is 6.42 Å². The Kier molecular flexibility index (Phi) is 9.04. The number of nitrogens with zero attached hydrogens (tertiary/aromatic N) is 2. The maximum absolute atomic E-state index is 15.3. The number of halogens is 2. The van der Waals surface area contributed by atoms with E-state index in [-0.39, 0.29) is 39.6 Å². The van der Waals surface area contributed by atoms with E-state index in [4.69, 9.17) is 41.4 Å². The predicted molar refractivity (Wildman–Crippen MR) is 119 cm³/mol. The Balaban J connectivity index is 0.000000890. The molecule has 1 unspecified atom stereocenters. The number of ether oxygens (including phenoxy) is 1. The molecular weight excluding hydrogens is 471 g/mol. The van der Waals surface area contributed by atoms with E-state index in [2.05, 4.69) is 5.14 Å². The Morgan fingerprint density at radius 3 is 2.21 bits per heavy atom. The highest BCUT2D eigenvalue weighted by Crippen LogP contribution is 2.39. The van der Waals surface area contributed by atoms with Crippen molar-refractivity contribution in [1.29, 1.82) is 10.5 Å². The van der Waals surface area contributed by atoms with Gasteiger partial charge < -0.3 is 15.0 Å². The molecule has 3 aromatic rings. The van der Waals surface area contributed by atoms with Crippen LogP contribution < -0.4 is 15.6 Å². The molecule has 4 N–H and O–H groups in total. The molecule has 0 heterocycles. The highest BCUT2D eigenvalue weighted by molar-refractivity contribution is 7.76. The molecule has 11 heteroatoms. The maximum atomic E-state index is 15.3. The summed E-state index contributed by atoms with van der Waals surface area (Å²) in [5.74, 6) is -1.43. The van der Waals surface area contributed by atoms with Crippen molar-refractivity contribution in [2.24, 2.45) is 10.9 Å². The number of carbonyl (C=O) groups excluding carboxylic acids is 1. The van der Waals surface area contributed by atoms with Gasteiger partial charge in [-0.2, -0.15) is 10.5 Å².